The molecule has 0 atom stereocenters. The van der Waals surface area contributed by atoms with Crippen molar-refractivity contribution in [1.82, 2.24) is 9.97 Å². The highest BCUT2D eigenvalue weighted by Crippen LogP contribution is 2.53. The summed E-state index contributed by atoms with van der Waals surface area (Å²) in [6.07, 6.45) is 0. The van der Waals surface area contributed by atoms with E-state index in [-0.39, 0.29) is 0 Å². The Morgan fingerprint density at radius 3 is 1.17 bits per heavy atom. The van der Waals surface area contributed by atoms with Gasteiger partial charge in [-0.2, -0.15) is 0 Å². The number of benzene rings is 6. The molecule has 4 heterocycles. The zero-order valence-corrected chi connectivity index (χ0v) is 29.6. The second-order valence-corrected chi connectivity index (χ2v) is 15.3. The van der Waals surface area contributed by atoms with Gasteiger partial charge in [-0.25, -0.2) is 9.97 Å². The predicted octanol–water partition coefficient (Wildman–Crippen LogP) is 11.3. The molecule has 10 rings (SSSR count). The maximum Gasteiger partial charge on any atom is 0.736 e. The third kappa shape index (κ3) is 5.17. The summed E-state index contributed by atoms with van der Waals surface area (Å²) in [4.78, 5) is 10.8. The van der Waals surface area contributed by atoms with Crippen LogP contribution in [0.3, 0.4) is 0 Å². The van der Waals surface area contributed by atoms with Crippen molar-refractivity contribution >= 4 is 31.9 Å². The van der Waals surface area contributed by atoms with Gasteiger partial charge in [0.2, 0.25) is 0 Å². The van der Waals surface area contributed by atoms with E-state index in [0.29, 0.717) is 11.6 Å². The number of nitrogens with zero attached hydrogens (tertiary/aromatic N) is 4. The molecular formula is C46H32N4O2Si. The Balaban J connectivity index is 1.33. The van der Waals surface area contributed by atoms with Crippen LogP contribution >= 0.6 is 0 Å². The Labute approximate surface area is 309 Å². The van der Waals surface area contributed by atoms with Crippen LogP contribution in [0.1, 0.15) is 0 Å². The standard InChI is InChI=1S/C46H32N4O2Si/c1-3-17-33(18-4-1)39-25-15-31-45(47-39)49-41-27-11-7-21-35(41)37-23-9-13-29-43(37)51-53(49)50(46-32-16-26-40(48-46)34-19-5-2-6-20-34)42-28-12-8-22-36(42)38-24-10-14-30-44(38)52-53/h1-32H. The smallest absolute Gasteiger partial charge is 0.480 e. The van der Waals surface area contributed by atoms with Crippen LogP contribution in [0.2, 0.25) is 0 Å². The summed E-state index contributed by atoms with van der Waals surface area (Å²) in [5.41, 5.74) is 9.53. The van der Waals surface area contributed by atoms with Gasteiger partial charge in [0.1, 0.15) is 23.1 Å². The highest BCUT2D eigenvalue weighted by atomic mass is 28.4. The molecule has 0 saturated heterocycles. The van der Waals surface area contributed by atoms with Gasteiger partial charge in [0, 0.05) is 44.8 Å². The zero-order chi connectivity index (χ0) is 35.2. The Morgan fingerprint density at radius 1 is 0.340 bits per heavy atom. The van der Waals surface area contributed by atoms with Crippen LogP contribution in [-0.4, -0.2) is 18.9 Å². The number of fused-ring (bicyclic) bond motifs is 6. The van der Waals surface area contributed by atoms with Gasteiger partial charge in [0.25, 0.3) is 0 Å². The molecule has 7 heteroatoms. The lowest BCUT2D eigenvalue weighted by Gasteiger charge is -2.43. The third-order valence-corrected chi connectivity index (χ3v) is 12.8. The molecule has 0 radical (unpaired) electrons. The monoisotopic (exact) mass is 700 g/mol. The van der Waals surface area contributed by atoms with Crippen LogP contribution in [0.15, 0.2) is 194 Å². The highest BCUT2D eigenvalue weighted by Gasteiger charge is 2.64. The van der Waals surface area contributed by atoms with E-state index in [1.807, 2.05) is 72.8 Å². The molecule has 0 N–H and O–H groups in total. The van der Waals surface area contributed by atoms with Crippen molar-refractivity contribution in [1.29, 1.82) is 0 Å². The van der Waals surface area contributed by atoms with Crippen LogP contribution < -0.4 is 18.0 Å². The summed E-state index contributed by atoms with van der Waals surface area (Å²) in [5, 5.41) is 0. The van der Waals surface area contributed by atoms with Gasteiger partial charge in [0.05, 0.1) is 11.4 Å². The van der Waals surface area contributed by atoms with Gasteiger partial charge in [0.15, 0.2) is 0 Å². The molecule has 8 aromatic rings. The van der Waals surface area contributed by atoms with E-state index in [1.165, 1.54) is 0 Å². The molecule has 6 nitrogen and oxygen atoms in total. The summed E-state index contributed by atoms with van der Waals surface area (Å²) in [6.45, 7) is 0. The molecule has 1 spiro atoms. The zero-order valence-electron chi connectivity index (χ0n) is 28.6. The maximum atomic E-state index is 7.68. The van der Waals surface area contributed by atoms with E-state index in [1.54, 1.807) is 0 Å². The summed E-state index contributed by atoms with van der Waals surface area (Å²) >= 11 is 0. The minimum atomic E-state index is -4.12. The number of rotatable bonds is 4. The Kier molecular flexibility index (Phi) is 7.37. The first-order valence-electron chi connectivity index (χ1n) is 17.7. The molecule has 0 amide bonds. The molecule has 53 heavy (non-hydrogen) atoms. The van der Waals surface area contributed by atoms with E-state index >= 15 is 0 Å². The van der Waals surface area contributed by atoms with Crippen molar-refractivity contribution in [3.63, 3.8) is 0 Å². The molecule has 0 unspecified atom stereocenters. The lowest BCUT2D eigenvalue weighted by molar-refractivity contribution is 0.384. The third-order valence-electron chi connectivity index (χ3n) is 9.76. The fourth-order valence-corrected chi connectivity index (χ4v) is 10.8. The molecule has 2 aromatic heterocycles. The fourth-order valence-electron chi connectivity index (χ4n) is 7.41. The fraction of sp³-hybridized carbons (Fsp3) is 0. The van der Waals surface area contributed by atoms with Crippen molar-refractivity contribution in [2.45, 2.75) is 0 Å². The van der Waals surface area contributed by atoms with Gasteiger partial charge in [-0.05, 0) is 48.5 Å². The molecular weight excluding hydrogens is 669 g/mol. The van der Waals surface area contributed by atoms with E-state index < -0.39 is 8.88 Å². The minimum absolute atomic E-state index is 0.694. The average molecular weight is 701 g/mol. The topological polar surface area (TPSA) is 50.7 Å². The van der Waals surface area contributed by atoms with Crippen LogP contribution in [0.4, 0.5) is 23.0 Å². The average Bonchev–Trinajstić information content (AvgIpc) is 3.43. The second-order valence-electron chi connectivity index (χ2n) is 12.9. The van der Waals surface area contributed by atoms with Crippen molar-refractivity contribution in [2.24, 2.45) is 0 Å². The largest absolute Gasteiger partial charge is 0.736 e. The van der Waals surface area contributed by atoms with Crippen molar-refractivity contribution in [3.8, 4) is 56.3 Å². The lowest BCUT2D eigenvalue weighted by atomic mass is 10.0. The van der Waals surface area contributed by atoms with Crippen LogP contribution in [0.25, 0.3) is 44.8 Å². The molecule has 0 fully saturated rings. The van der Waals surface area contributed by atoms with Gasteiger partial charge < -0.3 is 8.85 Å². The number of hydrogen-bond donors (Lipinski definition) is 0. The second kappa shape index (κ2) is 12.7. The Bertz CT molecular complexity index is 2430. The molecule has 0 aliphatic carbocycles. The first-order chi connectivity index (χ1) is 26.3. The van der Waals surface area contributed by atoms with E-state index in [2.05, 4.69) is 130 Å². The number of hydrogen-bond acceptors (Lipinski definition) is 6. The minimum Gasteiger partial charge on any atom is -0.480 e. The number of anilines is 4. The summed E-state index contributed by atoms with van der Waals surface area (Å²) in [6, 6.07) is 66.2. The molecule has 0 bridgehead atoms. The first-order valence-corrected chi connectivity index (χ1v) is 19.4. The van der Waals surface area contributed by atoms with Crippen molar-refractivity contribution < 1.29 is 8.85 Å². The van der Waals surface area contributed by atoms with Gasteiger partial charge in [-0.3, -0.25) is 9.13 Å². The molecule has 2 aliphatic rings. The number of aromatic nitrogens is 2. The maximum absolute atomic E-state index is 7.68. The van der Waals surface area contributed by atoms with Crippen molar-refractivity contribution in [3.05, 3.63) is 194 Å². The summed E-state index contributed by atoms with van der Waals surface area (Å²) in [5.74, 6) is 2.82. The molecule has 252 valence electrons. The Morgan fingerprint density at radius 2 is 0.717 bits per heavy atom. The van der Waals surface area contributed by atoms with Gasteiger partial charge in [-0.15, -0.1) is 0 Å². The summed E-state index contributed by atoms with van der Waals surface area (Å²) in [7, 11) is -4.12. The summed E-state index contributed by atoms with van der Waals surface area (Å²) < 4.78 is 19.8. The number of para-hydroxylation sites is 4. The van der Waals surface area contributed by atoms with Crippen LogP contribution in [-0.2, 0) is 0 Å². The van der Waals surface area contributed by atoms with Gasteiger partial charge in [-0.1, -0.05) is 146 Å². The van der Waals surface area contributed by atoms with Crippen LogP contribution in [0, 0.1) is 0 Å². The van der Waals surface area contributed by atoms with E-state index in [4.69, 9.17) is 18.8 Å². The van der Waals surface area contributed by atoms with Gasteiger partial charge >= 0.3 is 8.88 Å². The first kappa shape index (κ1) is 30.8. The quantitative estimate of drug-likeness (QED) is 0.170. The highest BCUT2D eigenvalue weighted by molar-refractivity contribution is 6.80. The van der Waals surface area contributed by atoms with E-state index in [9.17, 15) is 0 Å². The molecule has 0 saturated carbocycles. The number of pyridine rings is 2. The predicted molar refractivity (Wildman–Crippen MR) is 214 cm³/mol. The van der Waals surface area contributed by atoms with Crippen LogP contribution in [0.5, 0.6) is 11.5 Å². The Hall–Kier alpha value is -6.96. The molecule has 2 aliphatic heterocycles. The molecule has 6 aromatic carbocycles. The van der Waals surface area contributed by atoms with E-state index in [0.717, 1.165) is 67.6 Å². The van der Waals surface area contributed by atoms with Crippen molar-refractivity contribution in [2.75, 3.05) is 9.13 Å². The normalized spacial score (nSPS) is 13.7. The SMILES string of the molecule is c1ccc(-c2cccc(N3c4ccccc4-c4ccccc4O[Si]34Oc3ccccc3-c3ccccc3N4c3cccc(-c4ccccc4)n3)n2)cc1. The lowest BCUT2D eigenvalue weighted by Crippen LogP contribution is -2.72.